The molecule has 3 heterocycles. The molecule has 0 unspecified atom stereocenters. The number of hydrogen-bond donors (Lipinski definition) is 1. The second-order valence-corrected chi connectivity index (χ2v) is 13.3. The fraction of sp³-hybridized carbons (Fsp3) is 0.143. The Bertz CT molecular complexity index is 2250. The molecule has 0 aliphatic heterocycles. The number of imidazole rings is 1. The molecule has 5 aromatic carbocycles. The molecule has 0 aliphatic rings. The Morgan fingerprint density at radius 3 is 1.86 bits per heavy atom. The maximum absolute atomic E-state index is 10.0. The van der Waals surface area contributed by atoms with E-state index in [1.165, 1.54) is 5.56 Å². The van der Waals surface area contributed by atoms with Gasteiger partial charge in [-0.2, -0.15) is 0 Å². The zero-order valence-corrected chi connectivity index (χ0v) is 28.5. The van der Waals surface area contributed by atoms with Crippen LogP contribution in [0, 0.1) is 0 Å². The van der Waals surface area contributed by atoms with Crippen LogP contribution in [0.5, 0.6) is 0 Å². The summed E-state index contributed by atoms with van der Waals surface area (Å²) < 4.78 is 4.26. The van der Waals surface area contributed by atoms with Crippen molar-refractivity contribution in [2.24, 2.45) is 0 Å². The zero-order chi connectivity index (χ0) is 33.9. The molecule has 7 nitrogen and oxygen atoms in total. The molecule has 0 radical (unpaired) electrons. The minimum Gasteiger partial charge on any atom is -0.391 e. The maximum atomic E-state index is 10.0. The lowest BCUT2D eigenvalue weighted by Crippen LogP contribution is -2.39. The Hall–Kier alpha value is -5.70. The predicted molar refractivity (Wildman–Crippen MR) is 200 cm³/mol. The van der Waals surface area contributed by atoms with Gasteiger partial charge in [0.2, 0.25) is 0 Å². The SMILES string of the molecule is CCCc1nc2csc(CO)c2n1Cc1ccc(-c2ccccc2-c2nnnn2C(c2ccccc2)(c2ccccc2)c2ccccc2)cc1. The smallest absolute Gasteiger partial charge is 0.184 e. The first-order valence-electron chi connectivity index (χ1n) is 16.9. The molecule has 8 aromatic rings. The molecule has 0 atom stereocenters. The van der Waals surface area contributed by atoms with Crippen molar-refractivity contribution in [2.75, 3.05) is 0 Å². The third-order valence-electron chi connectivity index (χ3n) is 9.40. The van der Waals surface area contributed by atoms with Crippen LogP contribution in [0.3, 0.4) is 0 Å². The molecule has 0 spiro atoms. The summed E-state index contributed by atoms with van der Waals surface area (Å²) in [5.74, 6) is 1.72. The van der Waals surface area contributed by atoms with E-state index in [4.69, 9.17) is 15.3 Å². The number of benzene rings is 5. The lowest BCUT2D eigenvalue weighted by Gasteiger charge is -2.36. The van der Waals surface area contributed by atoms with E-state index >= 15 is 0 Å². The van der Waals surface area contributed by atoms with E-state index in [9.17, 15) is 5.11 Å². The van der Waals surface area contributed by atoms with Gasteiger partial charge >= 0.3 is 0 Å². The summed E-state index contributed by atoms with van der Waals surface area (Å²) >= 11 is 1.57. The molecule has 1 N–H and O–H groups in total. The Morgan fingerprint density at radius 1 is 0.700 bits per heavy atom. The van der Waals surface area contributed by atoms with E-state index in [1.807, 2.05) is 34.3 Å². The van der Waals surface area contributed by atoms with Crippen molar-refractivity contribution in [1.82, 2.24) is 29.8 Å². The third-order valence-corrected chi connectivity index (χ3v) is 10.4. The van der Waals surface area contributed by atoms with Gasteiger partial charge < -0.3 is 9.67 Å². The van der Waals surface area contributed by atoms with Gasteiger partial charge in [-0.1, -0.05) is 146 Å². The molecular formula is C42H36N6OS. The van der Waals surface area contributed by atoms with Gasteiger partial charge in [-0.15, -0.1) is 16.4 Å². The molecule has 0 saturated heterocycles. The summed E-state index contributed by atoms with van der Waals surface area (Å²) in [6, 6.07) is 48.5. The van der Waals surface area contributed by atoms with Crippen LogP contribution >= 0.6 is 11.3 Å². The van der Waals surface area contributed by atoms with Gasteiger partial charge in [-0.05, 0) is 50.2 Å². The number of thiophene rings is 1. The number of rotatable bonds is 11. The van der Waals surface area contributed by atoms with Crippen molar-refractivity contribution < 1.29 is 5.11 Å². The fourth-order valence-electron chi connectivity index (χ4n) is 7.16. The first kappa shape index (κ1) is 31.6. The number of aliphatic hydroxyl groups is 1. The Labute approximate surface area is 295 Å². The van der Waals surface area contributed by atoms with Gasteiger partial charge in [-0.3, -0.25) is 0 Å². The van der Waals surface area contributed by atoms with Crippen LogP contribution in [0.15, 0.2) is 145 Å². The Balaban J connectivity index is 1.24. The Kier molecular flexibility index (Phi) is 8.62. The highest BCUT2D eigenvalue weighted by atomic mass is 32.1. The first-order chi connectivity index (χ1) is 24.7. The van der Waals surface area contributed by atoms with Crippen LogP contribution in [0.25, 0.3) is 33.5 Å². The van der Waals surface area contributed by atoms with Crippen LogP contribution < -0.4 is 0 Å². The first-order valence-corrected chi connectivity index (χ1v) is 17.8. The lowest BCUT2D eigenvalue weighted by molar-refractivity contribution is 0.286. The van der Waals surface area contributed by atoms with E-state index < -0.39 is 5.54 Å². The molecule has 0 aliphatic carbocycles. The van der Waals surface area contributed by atoms with Gasteiger partial charge in [0.15, 0.2) is 5.82 Å². The molecule has 8 heteroatoms. The average Bonchev–Trinajstić information content (AvgIpc) is 3.91. The largest absolute Gasteiger partial charge is 0.391 e. The van der Waals surface area contributed by atoms with Crippen LogP contribution in [0.1, 0.15) is 46.3 Å². The summed E-state index contributed by atoms with van der Waals surface area (Å²) in [5, 5.41) is 25.9. The topological polar surface area (TPSA) is 81.7 Å². The fourth-order valence-corrected chi connectivity index (χ4v) is 7.98. The summed E-state index contributed by atoms with van der Waals surface area (Å²) in [6.45, 7) is 2.87. The standard InChI is InChI=1S/C42H36N6OS/c1-2-14-39-43-37-29-50-38(28-49)40(37)47(39)27-30-23-25-31(26-24-30)35-21-12-13-22-36(35)41-44-45-46-48(41)42(32-15-6-3-7-16-32,33-17-8-4-9-18-33)34-19-10-5-11-20-34/h3-13,15-26,29,49H,2,14,27-28H2,1H3. The molecule has 0 fully saturated rings. The number of aryl methyl sites for hydroxylation is 1. The second-order valence-electron chi connectivity index (χ2n) is 12.4. The number of aromatic nitrogens is 6. The van der Waals surface area contributed by atoms with Crippen LogP contribution in [0.4, 0.5) is 0 Å². The number of hydrogen-bond acceptors (Lipinski definition) is 6. The highest BCUT2D eigenvalue weighted by molar-refractivity contribution is 7.11. The minimum absolute atomic E-state index is 0.0146. The summed E-state index contributed by atoms with van der Waals surface area (Å²) in [5.41, 5.74) is 8.53. The monoisotopic (exact) mass is 672 g/mol. The maximum Gasteiger partial charge on any atom is 0.184 e. The van der Waals surface area contributed by atoms with Crippen molar-refractivity contribution in [2.45, 2.75) is 38.5 Å². The van der Waals surface area contributed by atoms with E-state index in [0.29, 0.717) is 12.4 Å². The van der Waals surface area contributed by atoms with E-state index in [1.54, 1.807) is 11.3 Å². The summed E-state index contributed by atoms with van der Waals surface area (Å²) in [6.07, 6.45) is 1.90. The number of aliphatic hydroxyl groups excluding tert-OH is 1. The molecular weight excluding hydrogens is 637 g/mol. The minimum atomic E-state index is -0.846. The van der Waals surface area contributed by atoms with Crippen molar-refractivity contribution in [3.8, 4) is 22.5 Å². The van der Waals surface area contributed by atoms with Crippen LogP contribution in [0.2, 0.25) is 0 Å². The van der Waals surface area contributed by atoms with Crippen molar-refractivity contribution in [3.05, 3.63) is 178 Å². The number of tetrazole rings is 1. The molecule has 0 bridgehead atoms. The molecule has 50 heavy (non-hydrogen) atoms. The van der Waals surface area contributed by atoms with E-state index in [-0.39, 0.29) is 6.61 Å². The highest BCUT2D eigenvalue weighted by Gasteiger charge is 2.42. The quantitative estimate of drug-likeness (QED) is 0.139. The van der Waals surface area contributed by atoms with Crippen LogP contribution in [-0.4, -0.2) is 34.9 Å². The molecule has 246 valence electrons. The van der Waals surface area contributed by atoms with Gasteiger partial charge in [0.1, 0.15) is 11.4 Å². The van der Waals surface area contributed by atoms with Crippen molar-refractivity contribution in [3.63, 3.8) is 0 Å². The second kappa shape index (κ2) is 13.7. The van der Waals surface area contributed by atoms with Gasteiger partial charge in [0.25, 0.3) is 0 Å². The predicted octanol–water partition coefficient (Wildman–Crippen LogP) is 8.75. The lowest BCUT2D eigenvalue weighted by atomic mass is 9.77. The van der Waals surface area contributed by atoms with Crippen LogP contribution in [-0.2, 0) is 25.1 Å². The van der Waals surface area contributed by atoms with Gasteiger partial charge in [0.05, 0.1) is 22.5 Å². The number of fused-ring (bicyclic) bond motifs is 1. The van der Waals surface area contributed by atoms with Crippen molar-refractivity contribution >= 4 is 22.4 Å². The summed E-state index contributed by atoms with van der Waals surface area (Å²) in [7, 11) is 0. The van der Waals surface area contributed by atoms with Gasteiger partial charge in [0, 0.05) is 23.9 Å². The average molecular weight is 673 g/mol. The zero-order valence-electron chi connectivity index (χ0n) is 27.7. The molecule has 0 saturated carbocycles. The van der Waals surface area contributed by atoms with E-state index in [0.717, 1.165) is 68.0 Å². The van der Waals surface area contributed by atoms with Gasteiger partial charge in [-0.25, -0.2) is 9.67 Å². The Morgan fingerprint density at radius 2 is 1.28 bits per heavy atom. The van der Waals surface area contributed by atoms with Crippen molar-refractivity contribution in [1.29, 1.82) is 0 Å². The van der Waals surface area contributed by atoms with E-state index in [2.05, 4.69) is 132 Å². The molecule has 8 rings (SSSR count). The normalized spacial score (nSPS) is 11.7. The summed E-state index contributed by atoms with van der Waals surface area (Å²) in [4.78, 5) is 5.86. The molecule has 3 aromatic heterocycles. The third kappa shape index (κ3) is 5.43. The number of nitrogens with zero attached hydrogens (tertiary/aromatic N) is 6. The highest BCUT2D eigenvalue weighted by Crippen LogP contribution is 2.43. The molecule has 0 amide bonds.